The van der Waals surface area contributed by atoms with Gasteiger partial charge in [0.1, 0.15) is 0 Å². The summed E-state index contributed by atoms with van der Waals surface area (Å²) in [6.45, 7) is 4.00. The van der Waals surface area contributed by atoms with Gasteiger partial charge in [0.05, 0.1) is 0 Å². The van der Waals surface area contributed by atoms with Crippen LogP contribution < -0.4 is 0 Å². The molecular weight excluding hydrogens is 127 g/mol. The Hall–Kier alpha value is -0.110. The molecule has 0 aromatic rings. The van der Waals surface area contributed by atoms with E-state index in [9.17, 15) is 0 Å². The molecule has 0 saturated heterocycles. The lowest BCUT2D eigenvalue weighted by atomic mass is 10.6. The predicted octanol–water partition coefficient (Wildman–Crippen LogP) is 0.943. The van der Waals surface area contributed by atoms with Gasteiger partial charge in [-0.2, -0.15) is 0 Å². The zero-order valence-corrected chi connectivity index (χ0v) is 5.96. The number of allylic oxidation sites excluding steroid dienone is 2. The van der Waals surface area contributed by atoms with E-state index < -0.39 is 8.25 Å². The van der Waals surface area contributed by atoms with Gasteiger partial charge in [-0.05, 0) is 13.8 Å². The molecule has 0 aromatic carbocycles. The minimum atomic E-state index is -3.13. The Bertz CT molecular complexity index is 71.4. The van der Waals surface area contributed by atoms with E-state index in [4.69, 9.17) is 14.4 Å². The van der Waals surface area contributed by atoms with Gasteiger partial charge in [0.15, 0.2) is 0 Å². The Morgan fingerprint density at radius 1 is 1.25 bits per heavy atom. The Kier molecular flexibility index (Phi) is 13.5. The smallest absolute Gasteiger partial charge is 0.314 e. The zero-order valence-electron chi connectivity index (χ0n) is 4.96. The SMILES string of the molecule is C/C=C/C.O=[PH](O)O. The van der Waals surface area contributed by atoms with Crippen LogP contribution >= 0.6 is 8.25 Å². The molecule has 0 bridgehead atoms. The van der Waals surface area contributed by atoms with Crippen molar-refractivity contribution < 1.29 is 14.4 Å². The van der Waals surface area contributed by atoms with E-state index in [2.05, 4.69) is 0 Å². The van der Waals surface area contributed by atoms with Crippen LogP contribution in [-0.2, 0) is 4.57 Å². The van der Waals surface area contributed by atoms with E-state index in [0.717, 1.165) is 0 Å². The average Bonchev–Trinajstić information content (AvgIpc) is 1.65. The van der Waals surface area contributed by atoms with Crippen molar-refractivity contribution in [1.82, 2.24) is 0 Å². The third kappa shape index (κ3) is 178. The van der Waals surface area contributed by atoms with Crippen LogP contribution in [-0.4, -0.2) is 9.79 Å². The lowest BCUT2D eigenvalue weighted by Crippen LogP contribution is -1.38. The highest BCUT2D eigenvalue weighted by Gasteiger charge is 1.61. The van der Waals surface area contributed by atoms with Gasteiger partial charge >= 0.3 is 8.25 Å². The van der Waals surface area contributed by atoms with Gasteiger partial charge in [0, 0.05) is 0 Å². The molecule has 0 amide bonds. The molecule has 0 unspecified atom stereocenters. The maximum absolute atomic E-state index is 8.74. The summed E-state index contributed by atoms with van der Waals surface area (Å²) >= 11 is 0. The number of hydrogen-bond donors (Lipinski definition) is 2. The molecule has 50 valence electrons. The summed E-state index contributed by atoms with van der Waals surface area (Å²) in [5.41, 5.74) is 0. The lowest BCUT2D eigenvalue weighted by Gasteiger charge is -1.61. The summed E-state index contributed by atoms with van der Waals surface area (Å²) < 4.78 is 8.74. The van der Waals surface area contributed by atoms with Crippen molar-refractivity contribution in [3.05, 3.63) is 12.2 Å². The van der Waals surface area contributed by atoms with Gasteiger partial charge in [0.2, 0.25) is 0 Å². The van der Waals surface area contributed by atoms with E-state index in [1.807, 2.05) is 26.0 Å². The summed E-state index contributed by atoms with van der Waals surface area (Å²) in [6.07, 6.45) is 4.00. The van der Waals surface area contributed by atoms with Crippen LogP contribution in [0.25, 0.3) is 0 Å². The van der Waals surface area contributed by atoms with E-state index in [0.29, 0.717) is 0 Å². The predicted molar refractivity (Wildman–Crippen MR) is 33.9 cm³/mol. The molecule has 0 spiro atoms. The highest BCUT2D eigenvalue weighted by atomic mass is 31.1. The minimum Gasteiger partial charge on any atom is -0.326 e. The van der Waals surface area contributed by atoms with Gasteiger partial charge in [-0.3, -0.25) is 4.57 Å². The quantitative estimate of drug-likeness (QED) is 0.387. The third-order valence-electron chi connectivity index (χ3n) is 0.333. The Labute approximate surface area is 49.6 Å². The number of hydrogen-bond acceptors (Lipinski definition) is 1. The van der Waals surface area contributed by atoms with Crippen LogP contribution in [0.15, 0.2) is 12.2 Å². The van der Waals surface area contributed by atoms with Crippen LogP contribution in [0.1, 0.15) is 13.8 Å². The molecule has 0 rings (SSSR count). The lowest BCUT2D eigenvalue weighted by molar-refractivity contribution is 0.405. The van der Waals surface area contributed by atoms with Crippen LogP contribution in [0.2, 0.25) is 0 Å². The van der Waals surface area contributed by atoms with E-state index >= 15 is 0 Å². The van der Waals surface area contributed by atoms with Gasteiger partial charge < -0.3 is 9.79 Å². The normalized spacial score (nSPS) is 9.12. The summed E-state index contributed by atoms with van der Waals surface area (Å²) in [5, 5.41) is 0. The maximum Gasteiger partial charge on any atom is 0.314 e. The van der Waals surface area contributed by atoms with Crippen LogP contribution in [0, 0.1) is 0 Å². The summed E-state index contributed by atoms with van der Waals surface area (Å²) in [6, 6.07) is 0. The molecule has 0 aliphatic heterocycles. The van der Waals surface area contributed by atoms with Crippen molar-refractivity contribution in [3.63, 3.8) is 0 Å². The molecule has 0 fully saturated rings. The van der Waals surface area contributed by atoms with Crippen LogP contribution in [0.5, 0.6) is 0 Å². The Morgan fingerprint density at radius 2 is 1.38 bits per heavy atom. The van der Waals surface area contributed by atoms with E-state index in [-0.39, 0.29) is 0 Å². The first-order valence-corrected chi connectivity index (χ1v) is 3.44. The fourth-order valence-corrected chi connectivity index (χ4v) is 0. The molecule has 0 aliphatic rings. The molecule has 4 heteroatoms. The maximum atomic E-state index is 8.74. The van der Waals surface area contributed by atoms with Crippen molar-refractivity contribution >= 4 is 8.25 Å². The topological polar surface area (TPSA) is 57.5 Å². The summed E-state index contributed by atoms with van der Waals surface area (Å²) in [5.74, 6) is 0. The molecule has 0 atom stereocenters. The molecule has 3 nitrogen and oxygen atoms in total. The molecule has 0 aliphatic carbocycles. The molecule has 2 N–H and O–H groups in total. The van der Waals surface area contributed by atoms with Gasteiger partial charge in [0.25, 0.3) is 0 Å². The Morgan fingerprint density at radius 3 is 1.38 bits per heavy atom. The summed E-state index contributed by atoms with van der Waals surface area (Å²) in [4.78, 5) is 14.3. The van der Waals surface area contributed by atoms with Crippen molar-refractivity contribution in [2.45, 2.75) is 13.8 Å². The number of rotatable bonds is 0. The largest absolute Gasteiger partial charge is 0.326 e. The molecule has 0 heterocycles. The first-order chi connectivity index (χ1) is 3.65. The monoisotopic (exact) mass is 138 g/mol. The molecular formula is C4H11O3P. The van der Waals surface area contributed by atoms with Crippen molar-refractivity contribution in [1.29, 1.82) is 0 Å². The molecule has 0 radical (unpaired) electrons. The van der Waals surface area contributed by atoms with Crippen molar-refractivity contribution in [3.8, 4) is 0 Å². The van der Waals surface area contributed by atoms with Gasteiger partial charge in [-0.1, -0.05) is 12.2 Å². The standard InChI is InChI=1S/C4H8.H3O3P/c1-3-4-2;1-4(2)3/h3-4H,1-2H3;4H,(H2,1,2,3)/b4-3+;. The summed E-state index contributed by atoms with van der Waals surface area (Å²) in [7, 11) is -3.13. The highest BCUT2D eigenvalue weighted by Crippen LogP contribution is 1.98. The van der Waals surface area contributed by atoms with E-state index in [1.54, 1.807) is 0 Å². The molecule has 0 saturated carbocycles. The molecule has 0 aromatic heterocycles. The van der Waals surface area contributed by atoms with E-state index in [1.165, 1.54) is 0 Å². The van der Waals surface area contributed by atoms with Crippen LogP contribution in [0.4, 0.5) is 0 Å². The van der Waals surface area contributed by atoms with Gasteiger partial charge in [-0.25, -0.2) is 0 Å². The highest BCUT2D eigenvalue weighted by molar-refractivity contribution is 7.30. The fourth-order valence-electron chi connectivity index (χ4n) is 0. The minimum absolute atomic E-state index is 2.00. The van der Waals surface area contributed by atoms with Crippen LogP contribution in [0.3, 0.4) is 0 Å². The fraction of sp³-hybridized carbons (Fsp3) is 0.500. The second-order valence-electron chi connectivity index (χ2n) is 0.949. The molecule has 8 heavy (non-hydrogen) atoms. The zero-order chi connectivity index (χ0) is 6.99. The van der Waals surface area contributed by atoms with Crippen molar-refractivity contribution in [2.24, 2.45) is 0 Å². The third-order valence-corrected chi connectivity index (χ3v) is 0.333. The van der Waals surface area contributed by atoms with Gasteiger partial charge in [-0.15, -0.1) is 0 Å². The average molecular weight is 138 g/mol. The second-order valence-corrected chi connectivity index (χ2v) is 1.51. The second kappa shape index (κ2) is 10.00. The Balaban J connectivity index is 0. The first-order valence-electron chi connectivity index (χ1n) is 2.14. The first kappa shape index (κ1) is 10.8. The van der Waals surface area contributed by atoms with Crippen molar-refractivity contribution in [2.75, 3.05) is 0 Å².